The molecule has 140 valence electrons. The van der Waals surface area contributed by atoms with E-state index >= 15 is 0 Å². The Kier molecular flexibility index (Phi) is 5.28. The van der Waals surface area contributed by atoms with Crippen LogP contribution < -0.4 is 4.90 Å². The van der Waals surface area contributed by atoms with Crippen molar-refractivity contribution in [1.29, 1.82) is 0 Å². The molecule has 0 unspecified atom stereocenters. The van der Waals surface area contributed by atoms with Gasteiger partial charge in [-0.2, -0.15) is 0 Å². The normalized spacial score (nSPS) is 19.4. The van der Waals surface area contributed by atoms with Crippen molar-refractivity contribution < 1.29 is 4.79 Å². The van der Waals surface area contributed by atoms with Gasteiger partial charge in [0.15, 0.2) is 0 Å². The lowest BCUT2D eigenvalue weighted by molar-refractivity contribution is -0.127. The molecule has 4 rings (SSSR count). The number of hydrogen-bond donors (Lipinski definition) is 0. The van der Waals surface area contributed by atoms with E-state index in [0.29, 0.717) is 0 Å². The van der Waals surface area contributed by atoms with Crippen LogP contribution in [0.25, 0.3) is 0 Å². The van der Waals surface area contributed by atoms with Gasteiger partial charge >= 0.3 is 0 Å². The molecule has 1 amide bonds. The molecule has 1 heterocycles. The van der Waals surface area contributed by atoms with Crippen molar-refractivity contribution in [1.82, 2.24) is 4.90 Å². The fourth-order valence-electron chi connectivity index (χ4n) is 4.39. The third-order valence-electron chi connectivity index (χ3n) is 5.70. The van der Waals surface area contributed by atoms with Gasteiger partial charge in [-0.1, -0.05) is 49.7 Å². The first-order valence-electron chi connectivity index (χ1n) is 10.2. The third-order valence-corrected chi connectivity index (χ3v) is 5.70. The van der Waals surface area contributed by atoms with Crippen LogP contribution in [-0.2, 0) is 4.79 Å². The molecule has 1 atom stereocenters. The van der Waals surface area contributed by atoms with Crippen molar-refractivity contribution in [3.8, 4) is 0 Å². The van der Waals surface area contributed by atoms with Crippen molar-refractivity contribution >= 4 is 17.3 Å². The molecule has 1 aliphatic heterocycles. The maximum Gasteiger partial charge on any atom is 0.251 e. The third kappa shape index (κ3) is 3.39. The number of nitrogens with zero attached hydrogens (tertiary/aromatic N) is 2. The second-order valence-corrected chi connectivity index (χ2v) is 7.48. The number of rotatable bonds is 6. The lowest BCUT2D eigenvalue weighted by atomic mass is 9.92. The van der Waals surface area contributed by atoms with Crippen molar-refractivity contribution in [3.63, 3.8) is 0 Å². The molecule has 0 aromatic heterocycles. The summed E-state index contributed by atoms with van der Waals surface area (Å²) in [6.07, 6.45) is 6.43. The first-order valence-corrected chi connectivity index (χ1v) is 10.2. The van der Waals surface area contributed by atoms with Crippen LogP contribution in [0, 0.1) is 0 Å². The van der Waals surface area contributed by atoms with Crippen LogP contribution in [-0.4, -0.2) is 23.5 Å². The van der Waals surface area contributed by atoms with Crippen LogP contribution in [0.3, 0.4) is 0 Å². The highest BCUT2D eigenvalue weighted by Crippen LogP contribution is 2.42. The van der Waals surface area contributed by atoms with Gasteiger partial charge in [0.1, 0.15) is 6.17 Å². The molecular weight excluding hydrogens is 332 g/mol. The molecule has 0 bridgehead atoms. The lowest BCUT2D eigenvalue weighted by Gasteiger charge is -2.39. The van der Waals surface area contributed by atoms with Gasteiger partial charge in [-0.3, -0.25) is 4.79 Å². The quantitative estimate of drug-likeness (QED) is 0.663. The first kappa shape index (κ1) is 17.8. The average Bonchev–Trinajstić information content (AvgIpc) is 3.00. The molecule has 2 aromatic carbocycles. The van der Waals surface area contributed by atoms with Crippen LogP contribution in [0.15, 0.2) is 71.8 Å². The summed E-state index contributed by atoms with van der Waals surface area (Å²) in [6.45, 7) is 3.01. The van der Waals surface area contributed by atoms with Gasteiger partial charge in [0, 0.05) is 23.5 Å². The smallest absolute Gasteiger partial charge is 0.251 e. The molecule has 1 aliphatic carbocycles. The van der Waals surface area contributed by atoms with Gasteiger partial charge in [0.2, 0.25) is 0 Å². The monoisotopic (exact) mass is 360 g/mol. The molecule has 0 fully saturated rings. The Hall–Kier alpha value is -2.55. The largest absolute Gasteiger partial charge is 0.317 e. The Bertz CT molecular complexity index is 773. The number of carbonyl (C=O) groups is 1. The van der Waals surface area contributed by atoms with Crippen molar-refractivity contribution in [2.75, 3.05) is 11.4 Å². The maximum atomic E-state index is 13.3. The average molecular weight is 361 g/mol. The second kappa shape index (κ2) is 7.99. The zero-order valence-corrected chi connectivity index (χ0v) is 16.1. The minimum atomic E-state index is 0.00384. The van der Waals surface area contributed by atoms with Crippen molar-refractivity contribution in [2.45, 2.75) is 51.6 Å². The summed E-state index contributed by atoms with van der Waals surface area (Å²) in [7, 11) is 0. The molecular formula is C24H28N2O. The fourth-order valence-corrected chi connectivity index (χ4v) is 4.39. The van der Waals surface area contributed by atoms with E-state index in [2.05, 4.69) is 65.3 Å². The molecule has 2 aliphatic rings. The van der Waals surface area contributed by atoms with Crippen LogP contribution in [0.1, 0.15) is 45.4 Å². The van der Waals surface area contributed by atoms with E-state index < -0.39 is 0 Å². The minimum absolute atomic E-state index is 0.00384. The predicted octanol–water partition coefficient (Wildman–Crippen LogP) is 5.66. The van der Waals surface area contributed by atoms with Gasteiger partial charge in [-0.05, 0) is 61.9 Å². The Labute approximate surface area is 162 Å². The van der Waals surface area contributed by atoms with Crippen molar-refractivity contribution in [2.24, 2.45) is 0 Å². The molecule has 0 spiro atoms. The second-order valence-electron chi connectivity index (χ2n) is 7.48. The molecule has 0 saturated heterocycles. The molecule has 2 aromatic rings. The van der Waals surface area contributed by atoms with E-state index in [0.717, 1.165) is 55.6 Å². The van der Waals surface area contributed by atoms with Crippen molar-refractivity contribution in [3.05, 3.63) is 71.8 Å². The highest BCUT2D eigenvalue weighted by Gasteiger charge is 2.42. The molecule has 0 saturated carbocycles. The summed E-state index contributed by atoms with van der Waals surface area (Å²) in [5.74, 6) is 0.264. The van der Waals surface area contributed by atoms with E-state index in [1.165, 1.54) is 12.0 Å². The molecule has 0 N–H and O–H groups in total. The summed E-state index contributed by atoms with van der Waals surface area (Å²) in [6, 6.07) is 21.0. The maximum absolute atomic E-state index is 13.3. The van der Waals surface area contributed by atoms with E-state index in [9.17, 15) is 4.79 Å². The summed E-state index contributed by atoms with van der Waals surface area (Å²) in [5, 5.41) is 0. The predicted molar refractivity (Wildman–Crippen MR) is 111 cm³/mol. The summed E-state index contributed by atoms with van der Waals surface area (Å²) in [4.78, 5) is 17.8. The van der Waals surface area contributed by atoms with Gasteiger partial charge < -0.3 is 9.80 Å². The summed E-state index contributed by atoms with van der Waals surface area (Å²) in [5.41, 5.74) is 4.71. The topological polar surface area (TPSA) is 23.6 Å². The number of hydrogen-bond acceptors (Lipinski definition) is 2. The minimum Gasteiger partial charge on any atom is -0.317 e. The van der Waals surface area contributed by atoms with Crippen LogP contribution in [0.4, 0.5) is 11.4 Å². The zero-order chi connectivity index (χ0) is 18.6. The summed E-state index contributed by atoms with van der Waals surface area (Å²) < 4.78 is 0. The van der Waals surface area contributed by atoms with Crippen LogP contribution >= 0.6 is 0 Å². The number of unbranched alkanes of at least 4 members (excludes halogenated alkanes) is 1. The van der Waals surface area contributed by atoms with E-state index in [1.807, 2.05) is 12.1 Å². The number of para-hydroxylation sites is 2. The molecule has 3 heteroatoms. The number of amides is 1. The highest BCUT2D eigenvalue weighted by atomic mass is 16.2. The first-order chi connectivity index (χ1) is 13.3. The molecule has 0 radical (unpaired) electrons. The van der Waals surface area contributed by atoms with Crippen LogP contribution in [0.2, 0.25) is 0 Å². The highest BCUT2D eigenvalue weighted by molar-refractivity contribution is 5.99. The van der Waals surface area contributed by atoms with E-state index in [1.54, 1.807) is 0 Å². The Morgan fingerprint density at radius 1 is 0.926 bits per heavy atom. The number of benzene rings is 2. The standard InChI is InChI=1S/C24H28N2O/c1-2-3-18-25-23(21-16-10-11-17-22(21)24(25)27)26(19-12-6-4-7-13-19)20-14-8-5-9-15-20/h4-9,12-15,23H,2-3,10-11,16-18H2,1H3/t23-/m0/s1. The van der Waals surface area contributed by atoms with Gasteiger partial charge in [-0.25, -0.2) is 0 Å². The molecule has 27 heavy (non-hydrogen) atoms. The Balaban J connectivity index is 1.82. The van der Waals surface area contributed by atoms with Crippen LogP contribution in [0.5, 0.6) is 0 Å². The lowest BCUT2D eigenvalue weighted by Crippen LogP contribution is -2.46. The summed E-state index contributed by atoms with van der Waals surface area (Å²) >= 11 is 0. The zero-order valence-electron chi connectivity index (χ0n) is 16.1. The molecule has 3 nitrogen and oxygen atoms in total. The Morgan fingerprint density at radius 3 is 2.11 bits per heavy atom. The van der Waals surface area contributed by atoms with Gasteiger partial charge in [0.25, 0.3) is 5.91 Å². The van der Waals surface area contributed by atoms with Gasteiger partial charge in [-0.15, -0.1) is 0 Å². The number of anilines is 2. The van der Waals surface area contributed by atoms with E-state index in [-0.39, 0.29) is 12.1 Å². The van der Waals surface area contributed by atoms with Gasteiger partial charge in [0.05, 0.1) is 0 Å². The SMILES string of the molecule is CCCCN1C(=O)C2=C(CCCC2)[C@@H]1N(c1ccccc1)c1ccccc1. The Morgan fingerprint density at radius 2 is 1.52 bits per heavy atom. The fraction of sp³-hybridized carbons (Fsp3) is 0.375. The van der Waals surface area contributed by atoms with E-state index in [4.69, 9.17) is 0 Å². The number of carbonyl (C=O) groups excluding carboxylic acids is 1.